The van der Waals surface area contributed by atoms with Gasteiger partial charge in [-0.1, -0.05) is 6.42 Å². The van der Waals surface area contributed by atoms with Gasteiger partial charge in [0.2, 0.25) is 5.91 Å². The molecular formula is C23H38N6O. The number of hydrogen-bond acceptors (Lipinski definition) is 4. The molecule has 7 nitrogen and oxygen atoms in total. The summed E-state index contributed by atoms with van der Waals surface area (Å²) in [6.45, 7) is 8.28. The molecule has 166 valence electrons. The number of piperidine rings is 1. The van der Waals surface area contributed by atoms with Crippen LogP contribution in [0.15, 0.2) is 23.3 Å². The minimum Gasteiger partial charge on any atom is -0.357 e. The van der Waals surface area contributed by atoms with Crippen LogP contribution in [0.5, 0.6) is 0 Å². The maximum atomic E-state index is 12.1. The second kappa shape index (κ2) is 12.4. The third-order valence-electron chi connectivity index (χ3n) is 5.82. The van der Waals surface area contributed by atoms with E-state index in [0.29, 0.717) is 18.9 Å². The molecule has 1 aromatic heterocycles. The minimum atomic E-state index is 0.315. The highest BCUT2D eigenvalue weighted by Crippen LogP contribution is 2.18. The number of amides is 1. The summed E-state index contributed by atoms with van der Waals surface area (Å²) in [6, 6.07) is 4.22. The molecule has 2 aliphatic heterocycles. The standard InChI is InChI=1S/C23H38N6O/c1-2-24-23(26-12-9-17-29-16-6-3-5-10-22(29)30)27-19-20-11-13-25-21(18-20)28-14-7-4-8-15-28/h11,13,18H,2-10,12,14-17,19H2,1H3,(H2,24,26,27). The summed E-state index contributed by atoms with van der Waals surface area (Å²) in [5, 5.41) is 6.73. The number of rotatable bonds is 8. The molecule has 2 fully saturated rings. The van der Waals surface area contributed by atoms with E-state index in [2.05, 4.69) is 33.5 Å². The zero-order chi connectivity index (χ0) is 21.0. The zero-order valence-corrected chi connectivity index (χ0v) is 18.5. The van der Waals surface area contributed by atoms with Gasteiger partial charge < -0.3 is 20.4 Å². The molecule has 0 atom stereocenters. The highest BCUT2D eigenvalue weighted by molar-refractivity contribution is 5.79. The molecule has 0 unspecified atom stereocenters. The van der Waals surface area contributed by atoms with Gasteiger partial charge in [0.05, 0.1) is 6.54 Å². The molecule has 0 saturated carbocycles. The van der Waals surface area contributed by atoms with Gasteiger partial charge in [-0.3, -0.25) is 4.79 Å². The number of carbonyl (C=O) groups excluding carboxylic acids is 1. The first-order chi connectivity index (χ1) is 14.8. The van der Waals surface area contributed by atoms with Gasteiger partial charge in [0.15, 0.2) is 5.96 Å². The molecule has 0 radical (unpaired) electrons. The van der Waals surface area contributed by atoms with Gasteiger partial charge in [0, 0.05) is 51.9 Å². The van der Waals surface area contributed by atoms with Crippen molar-refractivity contribution in [3.05, 3.63) is 23.9 Å². The number of likely N-dealkylation sites (tertiary alicyclic amines) is 1. The molecule has 2 N–H and O–H groups in total. The molecule has 2 aliphatic rings. The van der Waals surface area contributed by atoms with Crippen molar-refractivity contribution in [2.45, 2.75) is 64.8 Å². The van der Waals surface area contributed by atoms with Crippen LogP contribution in [0.3, 0.4) is 0 Å². The molecule has 3 heterocycles. The average molecular weight is 415 g/mol. The van der Waals surface area contributed by atoms with Crippen molar-refractivity contribution >= 4 is 17.7 Å². The summed E-state index contributed by atoms with van der Waals surface area (Å²) in [5.41, 5.74) is 1.18. The van der Waals surface area contributed by atoms with E-state index < -0.39 is 0 Å². The number of aliphatic imine (C=N–C) groups is 1. The fourth-order valence-corrected chi connectivity index (χ4v) is 4.12. The average Bonchev–Trinajstić information content (AvgIpc) is 2.99. The van der Waals surface area contributed by atoms with Crippen molar-refractivity contribution in [2.24, 2.45) is 4.99 Å². The molecule has 1 aromatic rings. The van der Waals surface area contributed by atoms with Crippen LogP contribution in [0.1, 0.15) is 63.9 Å². The van der Waals surface area contributed by atoms with E-state index in [-0.39, 0.29) is 0 Å². The fraction of sp³-hybridized carbons (Fsp3) is 0.696. The SMILES string of the molecule is CCNC(=NCc1ccnc(N2CCCCC2)c1)NCCCN1CCCCCC1=O. The van der Waals surface area contributed by atoms with E-state index in [0.717, 1.165) is 70.3 Å². The molecular weight excluding hydrogens is 376 g/mol. The summed E-state index contributed by atoms with van der Waals surface area (Å²) in [5.74, 6) is 2.22. The van der Waals surface area contributed by atoms with Gasteiger partial charge in [-0.05, 0) is 63.1 Å². The van der Waals surface area contributed by atoms with E-state index in [9.17, 15) is 4.79 Å². The Labute approximate surface area is 181 Å². The van der Waals surface area contributed by atoms with Crippen LogP contribution in [0, 0.1) is 0 Å². The molecule has 7 heteroatoms. The molecule has 0 bridgehead atoms. The van der Waals surface area contributed by atoms with Crippen LogP contribution in [-0.2, 0) is 11.3 Å². The zero-order valence-electron chi connectivity index (χ0n) is 18.5. The van der Waals surface area contributed by atoms with Gasteiger partial charge in [-0.25, -0.2) is 9.98 Å². The maximum Gasteiger partial charge on any atom is 0.222 e. The van der Waals surface area contributed by atoms with Crippen molar-refractivity contribution < 1.29 is 4.79 Å². The Morgan fingerprint density at radius 1 is 1.10 bits per heavy atom. The van der Waals surface area contributed by atoms with Crippen molar-refractivity contribution in [1.29, 1.82) is 0 Å². The van der Waals surface area contributed by atoms with Crippen LogP contribution in [0.2, 0.25) is 0 Å². The lowest BCUT2D eigenvalue weighted by Gasteiger charge is -2.27. The second-order valence-electron chi connectivity index (χ2n) is 8.24. The number of nitrogens with one attached hydrogen (secondary N) is 2. The Kier molecular flexibility index (Phi) is 9.25. The summed E-state index contributed by atoms with van der Waals surface area (Å²) in [4.78, 5) is 25.8. The number of nitrogens with zero attached hydrogens (tertiary/aromatic N) is 4. The Balaban J connectivity index is 1.47. The van der Waals surface area contributed by atoms with Crippen LogP contribution < -0.4 is 15.5 Å². The smallest absolute Gasteiger partial charge is 0.222 e. The summed E-state index contributed by atoms with van der Waals surface area (Å²) >= 11 is 0. The second-order valence-corrected chi connectivity index (χ2v) is 8.24. The molecule has 0 aromatic carbocycles. The predicted molar refractivity (Wildman–Crippen MR) is 123 cm³/mol. The van der Waals surface area contributed by atoms with Crippen molar-refractivity contribution in [3.8, 4) is 0 Å². The topological polar surface area (TPSA) is 72.9 Å². The third-order valence-corrected chi connectivity index (χ3v) is 5.82. The first kappa shape index (κ1) is 22.4. The van der Waals surface area contributed by atoms with Crippen LogP contribution in [-0.4, -0.2) is 61.0 Å². The molecule has 1 amide bonds. The lowest BCUT2D eigenvalue weighted by Crippen LogP contribution is -2.39. The van der Waals surface area contributed by atoms with Crippen LogP contribution in [0.25, 0.3) is 0 Å². The van der Waals surface area contributed by atoms with Crippen molar-refractivity contribution in [1.82, 2.24) is 20.5 Å². The van der Waals surface area contributed by atoms with Crippen LogP contribution in [0.4, 0.5) is 5.82 Å². The van der Waals surface area contributed by atoms with Gasteiger partial charge in [0.25, 0.3) is 0 Å². The van der Waals surface area contributed by atoms with E-state index in [1.807, 2.05) is 17.2 Å². The quantitative estimate of drug-likeness (QED) is 0.389. The first-order valence-corrected chi connectivity index (χ1v) is 11.8. The Morgan fingerprint density at radius 2 is 1.90 bits per heavy atom. The number of anilines is 1. The van der Waals surface area contributed by atoms with Gasteiger partial charge in [-0.15, -0.1) is 0 Å². The maximum absolute atomic E-state index is 12.1. The molecule has 3 rings (SSSR count). The Bertz CT molecular complexity index is 686. The van der Waals surface area contributed by atoms with E-state index in [1.54, 1.807) is 0 Å². The normalized spacial score (nSPS) is 18.3. The van der Waals surface area contributed by atoms with E-state index in [1.165, 1.54) is 31.2 Å². The lowest BCUT2D eigenvalue weighted by atomic mass is 10.1. The highest BCUT2D eigenvalue weighted by Gasteiger charge is 2.15. The number of aromatic nitrogens is 1. The van der Waals surface area contributed by atoms with Gasteiger partial charge in [-0.2, -0.15) is 0 Å². The first-order valence-electron chi connectivity index (χ1n) is 11.8. The van der Waals surface area contributed by atoms with E-state index >= 15 is 0 Å². The molecule has 0 spiro atoms. The highest BCUT2D eigenvalue weighted by atomic mass is 16.2. The lowest BCUT2D eigenvalue weighted by molar-refractivity contribution is -0.130. The molecule has 30 heavy (non-hydrogen) atoms. The van der Waals surface area contributed by atoms with Crippen molar-refractivity contribution in [3.63, 3.8) is 0 Å². The fourth-order valence-electron chi connectivity index (χ4n) is 4.12. The number of hydrogen-bond donors (Lipinski definition) is 2. The van der Waals surface area contributed by atoms with Gasteiger partial charge in [0.1, 0.15) is 5.82 Å². The van der Waals surface area contributed by atoms with Gasteiger partial charge >= 0.3 is 0 Å². The minimum absolute atomic E-state index is 0.315. The largest absolute Gasteiger partial charge is 0.357 e. The molecule has 2 saturated heterocycles. The molecule has 0 aliphatic carbocycles. The van der Waals surface area contributed by atoms with E-state index in [4.69, 9.17) is 4.99 Å². The number of guanidine groups is 1. The monoisotopic (exact) mass is 414 g/mol. The Morgan fingerprint density at radius 3 is 2.73 bits per heavy atom. The predicted octanol–water partition coefficient (Wildman–Crippen LogP) is 2.92. The summed E-state index contributed by atoms with van der Waals surface area (Å²) in [6.07, 6.45) is 10.7. The summed E-state index contributed by atoms with van der Waals surface area (Å²) in [7, 11) is 0. The van der Waals surface area contributed by atoms with Crippen LogP contribution >= 0.6 is 0 Å². The Hall–Kier alpha value is -2.31. The number of pyridine rings is 1. The van der Waals surface area contributed by atoms with Crippen molar-refractivity contribution in [2.75, 3.05) is 44.2 Å². The third kappa shape index (κ3) is 7.18. The summed E-state index contributed by atoms with van der Waals surface area (Å²) < 4.78 is 0. The number of carbonyl (C=O) groups is 1.